The summed E-state index contributed by atoms with van der Waals surface area (Å²) in [6, 6.07) is 15.0. The fourth-order valence-corrected chi connectivity index (χ4v) is 2.73. The van der Waals surface area contributed by atoms with Crippen molar-refractivity contribution >= 4 is 17.5 Å². The Morgan fingerprint density at radius 2 is 1.78 bits per heavy atom. The fraction of sp³-hybridized carbons (Fsp3) is 0.222. The Morgan fingerprint density at radius 3 is 2.52 bits per heavy atom. The van der Waals surface area contributed by atoms with Crippen molar-refractivity contribution in [2.75, 3.05) is 24.5 Å². The van der Waals surface area contributed by atoms with Gasteiger partial charge in [0.25, 0.3) is 5.91 Å². The summed E-state index contributed by atoms with van der Waals surface area (Å²) in [5, 5.41) is 0. The number of nitrogens with zero attached hydrogens (tertiary/aromatic N) is 2. The number of benzene rings is 2. The van der Waals surface area contributed by atoms with E-state index < -0.39 is 5.82 Å². The van der Waals surface area contributed by atoms with E-state index in [1.54, 1.807) is 11.0 Å². The number of para-hydroxylation sites is 1. The molecule has 0 bridgehead atoms. The molecule has 2 aromatic rings. The number of hydrogen-bond donors (Lipinski definition) is 0. The summed E-state index contributed by atoms with van der Waals surface area (Å²) >= 11 is 0. The highest BCUT2D eigenvalue weighted by molar-refractivity contribution is 6.00. The van der Waals surface area contributed by atoms with Crippen LogP contribution in [0.2, 0.25) is 0 Å². The SMILES string of the molecule is O=C(c1cccc(F)c1)N1CCCN(c2ccccc2)C(=O)C1. The van der Waals surface area contributed by atoms with Gasteiger partial charge in [0.05, 0.1) is 0 Å². The molecule has 5 heteroatoms. The van der Waals surface area contributed by atoms with Crippen LogP contribution in [0.3, 0.4) is 0 Å². The van der Waals surface area contributed by atoms with E-state index >= 15 is 0 Å². The predicted molar refractivity (Wildman–Crippen MR) is 85.7 cm³/mol. The molecule has 23 heavy (non-hydrogen) atoms. The lowest BCUT2D eigenvalue weighted by Gasteiger charge is -2.22. The molecule has 2 amide bonds. The van der Waals surface area contributed by atoms with Gasteiger partial charge in [-0.2, -0.15) is 0 Å². The van der Waals surface area contributed by atoms with E-state index in [2.05, 4.69) is 0 Å². The fourth-order valence-electron chi connectivity index (χ4n) is 2.73. The summed E-state index contributed by atoms with van der Waals surface area (Å²) in [4.78, 5) is 28.1. The Balaban J connectivity index is 1.77. The van der Waals surface area contributed by atoms with Gasteiger partial charge in [-0.3, -0.25) is 9.59 Å². The molecule has 1 fully saturated rings. The van der Waals surface area contributed by atoms with E-state index in [0.29, 0.717) is 19.5 Å². The summed E-state index contributed by atoms with van der Waals surface area (Å²) < 4.78 is 13.3. The van der Waals surface area contributed by atoms with E-state index in [0.717, 1.165) is 5.69 Å². The molecule has 1 aliphatic rings. The van der Waals surface area contributed by atoms with Crippen molar-refractivity contribution in [3.8, 4) is 0 Å². The van der Waals surface area contributed by atoms with Crippen LogP contribution in [0.4, 0.5) is 10.1 Å². The second-order valence-corrected chi connectivity index (χ2v) is 5.47. The lowest BCUT2D eigenvalue weighted by atomic mass is 10.2. The van der Waals surface area contributed by atoms with E-state index in [1.807, 2.05) is 30.3 Å². The van der Waals surface area contributed by atoms with Crippen LogP contribution in [0, 0.1) is 5.82 Å². The van der Waals surface area contributed by atoms with Gasteiger partial charge in [0.15, 0.2) is 0 Å². The topological polar surface area (TPSA) is 40.6 Å². The van der Waals surface area contributed by atoms with Crippen LogP contribution >= 0.6 is 0 Å². The van der Waals surface area contributed by atoms with Gasteiger partial charge in [-0.15, -0.1) is 0 Å². The van der Waals surface area contributed by atoms with Crippen LogP contribution in [0.25, 0.3) is 0 Å². The molecule has 3 rings (SSSR count). The molecule has 0 aromatic heterocycles. The normalized spacial score (nSPS) is 15.4. The molecule has 118 valence electrons. The molecule has 0 atom stereocenters. The van der Waals surface area contributed by atoms with Gasteiger partial charge < -0.3 is 9.80 Å². The molecule has 1 heterocycles. The van der Waals surface area contributed by atoms with Crippen molar-refractivity contribution < 1.29 is 14.0 Å². The summed E-state index contributed by atoms with van der Waals surface area (Å²) in [5.74, 6) is -0.894. The number of carbonyl (C=O) groups excluding carboxylic acids is 2. The first kappa shape index (κ1) is 15.2. The van der Waals surface area contributed by atoms with Crippen LogP contribution in [0.1, 0.15) is 16.8 Å². The van der Waals surface area contributed by atoms with Crippen LogP contribution in [-0.2, 0) is 4.79 Å². The van der Waals surface area contributed by atoms with Gasteiger partial charge in [0.2, 0.25) is 5.91 Å². The summed E-state index contributed by atoms with van der Waals surface area (Å²) in [7, 11) is 0. The third-order valence-electron chi connectivity index (χ3n) is 3.86. The minimum atomic E-state index is -0.456. The highest BCUT2D eigenvalue weighted by atomic mass is 19.1. The molecule has 0 unspecified atom stereocenters. The summed E-state index contributed by atoms with van der Waals surface area (Å²) in [5.41, 5.74) is 1.10. The minimum absolute atomic E-state index is 0.00421. The number of anilines is 1. The maximum absolute atomic E-state index is 13.3. The number of halogens is 1. The Kier molecular flexibility index (Phi) is 4.37. The van der Waals surface area contributed by atoms with Gasteiger partial charge in [0, 0.05) is 24.3 Å². The smallest absolute Gasteiger partial charge is 0.254 e. The molecule has 0 N–H and O–H groups in total. The Hall–Kier alpha value is -2.69. The molecular formula is C18H17FN2O2. The number of rotatable bonds is 2. The van der Waals surface area contributed by atoms with E-state index in [-0.39, 0.29) is 23.9 Å². The van der Waals surface area contributed by atoms with E-state index in [4.69, 9.17) is 0 Å². The van der Waals surface area contributed by atoms with Crippen molar-refractivity contribution in [3.63, 3.8) is 0 Å². The lowest BCUT2D eigenvalue weighted by molar-refractivity contribution is -0.118. The van der Waals surface area contributed by atoms with Crippen LogP contribution in [-0.4, -0.2) is 36.3 Å². The molecular weight excluding hydrogens is 295 g/mol. The molecule has 0 radical (unpaired) electrons. The molecule has 4 nitrogen and oxygen atoms in total. The van der Waals surface area contributed by atoms with Crippen molar-refractivity contribution in [3.05, 3.63) is 66.0 Å². The molecule has 1 saturated heterocycles. The van der Waals surface area contributed by atoms with Crippen molar-refractivity contribution in [2.45, 2.75) is 6.42 Å². The molecule has 0 spiro atoms. The van der Waals surface area contributed by atoms with Gasteiger partial charge in [0.1, 0.15) is 12.4 Å². The first-order valence-corrected chi connectivity index (χ1v) is 7.55. The first-order chi connectivity index (χ1) is 11.1. The third-order valence-corrected chi connectivity index (χ3v) is 3.86. The van der Waals surface area contributed by atoms with Gasteiger partial charge >= 0.3 is 0 Å². The third kappa shape index (κ3) is 3.39. The Morgan fingerprint density at radius 1 is 1.00 bits per heavy atom. The van der Waals surface area contributed by atoms with Crippen molar-refractivity contribution in [2.24, 2.45) is 0 Å². The summed E-state index contributed by atoms with van der Waals surface area (Å²) in [6.45, 7) is 1.05. The first-order valence-electron chi connectivity index (χ1n) is 7.55. The van der Waals surface area contributed by atoms with E-state index in [1.165, 1.54) is 23.1 Å². The van der Waals surface area contributed by atoms with Gasteiger partial charge in [-0.1, -0.05) is 24.3 Å². The van der Waals surface area contributed by atoms with Gasteiger partial charge in [-0.05, 0) is 36.8 Å². The number of hydrogen-bond acceptors (Lipinski definition) is 2. The van der Waals surface area contributed by atoms with Crippen LogP contribution in [0.15, 0.2) is 54.6 Å². The molecule has 0 aliphatic carbocycles. The van der Waals surface area contributed by atoms with Gasteiger partial charge in [-0.25, -0.2) is 4.39 Å². The van der Waals surface area contributed by atoms with Crippen molar-refractivity contribution in [1.82, 2.24) is 4.90 Å². The zero-order valence-electron chi connectivity index (χ0n) is 12.6. The monoisotopic (exact) mass is 312 g/mol. The maximum Gasteiger partial charge on any atom is 0.254 e. The number of carbonyl (C=O) groups is 2. The Bertz CT molecular complexity index is 718. The summed E-state index contributed by atoms with van der Waals surface area (Å²) in [6.07, 6.45) is 0.682. The van der Waals surface area contributed by atoms with E-state index in [9.17, 15) is 14.0 Å². The number of amides is 2. The molecule has 1 aliphatic heterocycles. The highest BCUT2D eigenvalue weighted by Crippen LogP contribution is 2.18. The van der Waals surface area contributed by atoms with Crippen LogP contribution < -0.4 is 4.90 Å². The lowest BCUT2D eigenvalue weighted by Crippen LogP contribution is -2.39. The second kappa shape index (κ2) is 6.60. The highest BCUT2D eigenvalue weighted by Gasteiger charge is 2.26. The molecule has 0 saturated carbocycles. The zero-order chi connectivity index (χ0) is 16.2. The Labute approximate surface area is 134 Å². The average Bonchev–Trinajstić information content (AvgIpc) is 2.76. The molecule has 2 aromatic carbocycles. The van der Waals surface area contributed by atoms with Crippen LogP contribution in [0.5, 0.6) is 0 Å². The largest absolute Gasteiger partial charge is 0.329 e. The zero-order valence-corrected chi connectivity index (χ0v) is 12.6. The standard InChI is InChI=1S/C18H17FN2O2/c19-15-7-4-6-14(12-15)18(23)20-10-5-11-21(17(22)13-20)16-8-2-1-3-9-16/h1-4,6-9,12H,5,10-11,13H2. The van der Waals surface area contributed by atoms with Crippen molar-refractivity contribution in [1.29, 1.82) is 0 Å². The second-order valence-electron chi connectivity index (χ2n) is 5.47. The minimum Gasteiger partial charge on any atom is -0.329 e. The average molecular weight is 312 g/mol. The quantitative estimate of drug-likeness (QED) is 0.855. The maximum atomic E-state index is 13.3. The predicted octanol–water partition coefficient (Wildman–Crippen LogP) is 2.70.